The second-order valence-corrected chi connectivity index (χ2v) is 4.02. The highest BCUT2D eigenvalue weighted by Crippen LogP contribution is 2.24. The van der Waals surface area contributed by atoms with Crippen LogP contribution in [0.5, 0.6) is 0 Å². The number of hydrogen-bond donors (Lipinski definition) is 1. The predicted octanol–water partition coefficient (Wildman–Crippen LogP) is 0.830. The zero-order valence-electron chi connectivity index (χ0n) is 10.3. The average molecular weight is 271 g/mol. The molecular weight excluding hydrogens is 255 g/mol. The van der Waals surface area contributed by atoms with Crippen LogP contribution in [0.15, 0.2) is 0 Å². The summed E-state index contributed by atoms with van der Waals surface area (Å²) in [5, 5.41) is 1.91. The molecule has 0 aliphatic carbocycles. The maximum atomic E-state index is 12.2. The summed E-state index contributed by atoms with van der Waals surface area (Å²) < 4.78 is 51.9. The van der Waals surface area contributed by atoms with Crippen molar-refractivity contribution in [3.05, 3.63) is 0 Å². The van der Waals surface area contributed by atoms with Crippen molar-refractivity contribution in [3.63, 3.8) is 0 Å². The van der Waals surface area contributed by atoms with Gasteiger partial charge in [0.2, 0.25) is 0 Å². The van der Waals surface area contributed by atoms with E-state index in [0.29, 0.717) is 0 Å². The topological polar surface area (TPSA) is 56.8 Å². The maximum Gasteiger partial charge on any atom is 0.471 e. The number of carbonyl (C=O) groups excluding carboxylic acids is 1. The van der Waals surface area contributed by atoms with E-state index in [2.05, 4.69) is 0 Å². The van der Waals surface area contributed by atoms with Crippen LogP contribution in [0.1, 0.15) is 13.3 Å². The SMILES string of the molecule is COC1CC(NC(=O)C(F)(F)F)C(OC)C(C)O1. The van der Waals surface area contributed by atoms with Gasteiger partial charge in [-0.3, -0.25) is 4.79 Å². The molecule has 0 saturated carbocycles. The molecule has 1 aliphatic rings. The Balaban J connectivity index is 2.73. The molecule has 1 saturated heterocycles. The highest BCUT2D eigenvalue weighted by molar-refractivity contribution is 5.82. The Morgan fingerprint density at radius 1 is 1.33 bits per heavy atom. The quantitative estimate of drug-likeness (QED) is 0.826. The van der Waals surface area contributed by atoms with Crippen LogP contribution >= 0.6 is 0 Å². The van der Waals surface area contributed by atoms with Gasteiger partial charge in [-0.1, -0.05) is 0 Å². The Bertz CT molecular complexity index is 297. The number of amides is 1. The van der Waals surface area contributed by atoms with Crippen molar-refractivity contribution < 1.29 is 32.2 Å². The van der Waals surface area contributed by atoms with Gasteiger partial charge in [0.15, 0.2) is 6.29 Å². The molecule has 4 unspecified atom stereocenters. The molecule has 0 aromatic carbocycles. The molecule has 1 N–H and O–H groups in total. The summed E-state index contributed by atoms with van der Waals surface area (Å²) in [7, 11) is 2.73. The van der Waals surface area contributed by atoms with Crippen LogP contribution in [0.3, 0.4) is 0 Å². The first kappa shape index (κ1) is 15.2. The van der Waals surface area contributed by atoms with Crippen molar-refractivity contribution in [2.24, 2.45) is 0 Å². The zero-order valence-corrected chi connectivity index (χ0v) is 10.3. The summed E-state index contributed by atoms with van der Waals surface area (Å²) in [5.41, 5.74) is 0. The lowest BCUT2D eigenvalue weighted by molar-refractivity contribution is -0.222. The van der Waals surface area contributed by atoms with Crippen LogP contribution in [-0.4, -0.2) is 50.8 Å². The zero-order chi connectivity index (χ0) is 13.9. The molecule has 0 radical (unpaired) electrons. The normalized spacial score (nSPS) is 33.2. The average Bonchev–Trinajstić information content (AvgIpc) is 2.27. The number of halogens is 3. The number of alkyl halides is 3. The largest absolute Gasteiger partial charge is 0.471 e. The number of hydrogen-bond acceptors (Lipinski definition) is 4. The third kappa shape index (κ3) is 3.56. The molecule has 1 amide bonds. The van der Waals surface area contributed by atoms with E-state index in [1.807, 2.05) is 5.32 Å². The van der Waals surface area contributed by atoms with Crippen molar-refractivity contribution in [3.8, 4) is 0 Å². The van der Waals surface area contributed by atoms with E-state index >= 15 is 0 Å². The molecule has 0 bridgehead atoms. The van der Waals surface area contributed by atoms with E-state index < -0.39 is 36.6 Å². The number of methoxy groups -OCH3 is 2. The number of rotatable bonds is 3. The van der Waals surface area contributed by atoms with Gasteiger partial charge in [0.05, 0.1) is 12.1 Å². The minimum Gasteiger partial charge on any atom is -0.377 e. The van der Waals surface area contributed by atoms with E-state index in [9.17, 15) is 18.0 Å². The Labute approximate surface area is 103 Å². The van der Waals surface area contributed by atoms with Gasteiger partial charge in [0.25, 0.3) is 0 Å². The van der Waals surface area contributed by atoms with Gasteiger partial charge in [-0.15, -0.1) is 0 Å². The lowest BCUT2D eigenvalue weighted by Crippen LogP contribution is -2.57. The molecule has 0 aromatic rings. The summed E-state index contributed by atoms with van der Waals surface area (Å²) in [4.78, 5) is 10.9. The van der Waals surface area contributed by atoms with Crippen molar-refractivity contribution in [2.75, 3.05) is 14.2 Å². The van der Waals surface area contributed by atoms with E-state index in [4.69, 9.17) is 14.2 Å². The van der Waals surface area contributed by atoms with Gasteiger partial charge >= 0.3 is 12.1 Å². The van der Waals surface area contributed by atoms with Crippen LogP contribution in [0.2, 0.25) is 0 Å². The molecule has 0 spiro atoms. The van der Waals surface area contributed by atoms with Crippen molar-refractivity contribution in [2.45, 2.75) is 44.1 Å². The third-order valence-electron chi connectivity index (χ3n) is 2.78. The highest BCUT2D eigenvalue weighted by atomic mass is 19.4. The fraction of sp³-hybridized carbons (Fsp3) is 0.900. The second kappa shape index (κ2) is 5.85. The molecular formula is C10H16F3NO4. The summed E-state index contributed by atoms with van der Waals surface area (Å²) in [6, 6.07) is -0.808. The number of nitrogens with one attached hydrogen (secondary N) is 1. The molecule has 18 heavy (non-hydrogen) atoms. The Morgan fingerprint density at radius 3 is 2.39 bits per heavy atom. The lowest BCUT2D eigenvalue weighted by atomic mass is 9.99. The molecule has 1 aliphatic heterocycles. The summed E-state index contributed by atoms with van der Waals surface area (Å²) >= 11 is 0. The summed E-state index contributed by atoms with van der Waals surface area (Å²) in [5.74, 6) is -1.99. The molecule has 1 fully saturated rings. The van der Waals surface area contributed by atoms with Gasteiger partial charge < -0.3 is 19.5 Å². The smallest absolute Gasteiger partial charge is 0.377 e. The first-order chi connectivity index (χ1) is 8.29. The standard InChI is InChI=1S/C10H16F3NO4/c1-5-8(17-3)6(4-7(16-2)18-5)14-9(15)10(11,12)13/h5-8H,4H2,1-3H3,(H,14,15). The maximum absolute atomic E-state index is 12.2. The van der Waals surface area contributed by atoms with E-state index in [1.54, 1.807) is 6.92 Å². The van der Waals surface area contributed by atoms with Crippen LogP contribution in [0, 0.1) is 0 Å². The van der Waals surface area contributed by atoms with Crippen LogP contribution in [-0.2, 0) is 19.0 Å². The monoisotopic (exact) mass is 271 g/mol. The molecule has 1 heterocycles. The molecule has 4 atom stereocenters. The first-order valence-corrected chi connectivity index (χ1v) is 5.38. The van der Waals surface area contributed by atoms with Gasteiger partial charge in [0.1, 0.15) is 6.10 Å². The first-order valence-electron chi connectivity index (χ1n) is 5.38. The van der Waals surface area contributed by atoms with Gasteiger partial charge in [-0.25, -0.2) is 0 Å². The highest BCUT2D eigenvalue weighted by Gasteiger charge is 2.44. The van der Waals surface area contributed by atoms with Gasteiger partial charge in [0, 0.05) is 20.6 Å². The molecule has 8 heteroatoms. The second-order valence-electron chi connectivity index (χ2n) is 4.02. The van der Waals surface area contributed by atoms with Gasteiger partial charge in [-0.2, -0.15) is 13.2 Å². The Hall–Kier alpha value is -0.860. The fourth-order valence-corrected chi connectivity index (χ4v) is 1.94. The van der Waals surface area contributed by atoms with Crippen LogP contribution in [0.25, 0.3) is 0 Å². The summed E-state index contributed by atoms with van der Waals surface area (Å²) in [6.07, 6.45) is -6.61. The van der Waals surface area contributed by atoms with Crippen LogP contribution in [0.4, 0.5) is 13.2 Å². The molecule has 0 aromatic heterocycles. The van der Waals surface area contributed by atoms with E-state index in [0.717, 1.165) is 0 Å². The Kier molecular flexibility index (Phi) is 4.94. The third-order valence-corrected chi connectivity index (χ3v) is 2.78. The lowest BCUT2D eigenvalue weighted by Gasteiger charge is -2.39. The Morgan fingerprint density at radius 2 is 1.94 bits per heavy atom. The summed E-state index contributed by atoms with van der Waals surface area (Å²) in [6.45, 7) is 1.64. The number of carbonyl (C=O) groups is 1. The molecule has 1 rings (SSSR count). The van der Waals surface area contributed by atoms with E-state index in [-0.39, 0.29) is 6.42 Å². The van der Waals surface area contributed by atoms with Crippen molar-refractivity contribution >= 4 is 5.91 Å². The fourth-order valence-electron chi connectivity index (χ4n) is 1.94. The minimum atomic E-state index is -4.91. The van der Waals surface area contributed by atoms with Crippen LogP contribution < -0.4 is 5.32 Å². The predicted molar refractivity (Wildman–Crippen MR) is 54.7 cm³/mol. The molecule has 5 nitrogen and oxygen atoms in total. The van der Waals surface area contributed by atoms with E-state index in [1.165, 1.54) is 14.2 Å². The number of ether oxygens (including phenoxy) is 3. The van der Waals surface area contributed by atoms with Crippen molar-refractivity contribution in [1.29, 1.82) is 0 Å². The van der Waals surface area contributed by atoms with Gasteiger partial charge in [-0.05, 0) is 6.92 Å². The minimum absolute atomic E-state index is 0.0984. The van der Waals surface area contributed by atoms with Crippen molar-refractivity contribution in [1.82, 2.24) is 5.32 Å². The molecule has 106 valence electrons.